The molecule has 4 aromatic rings. The zero-order valence-electron chi connectivity index (χ0n) is 17.8. The van der Waals surface area contributed by atoms with Crippen LogP contribution in [0.5, 0.6) is 11.5 Å². The summed E-state index contributed by atoms with van der Waals surface area (Å²) in [6, 6.07) is 20.9. The minimum absolute atomic E-state index is 0.300. The average Bonchev–Trinajstić information content (AvgIpc) is 3.10. The topological polar surface area (TPSA) is 52.8 Å². The van der Waals surface area contributed by atoms with Crippen LogP contribution in [-0.4, -0.2) is 24.2 Å². The third-order valence-corrected chi connectivity index (χ3v) is 5.91. The molecule has 0 aliphatic carbocycles. The molecule has 0 saturated heterocycles. The van der Waals surface area contributed by atoms with Crippen LogP contribution in [0.3, 0.4) is 0 Å². The molecule has 1 aromatic heterocycles. The normalized spacial score (nSPS) is 11.8. The predicted molar refractivity (Wildman–Crippen MR) is 124 cm³/mol. The number of para-hydroxylation sites is 1. The van der Waals surface area contributed by atoms with Gasteiger partial charge in [0.05, 0.1) is 16.8 Å². The van der Waals surface area contributed by atoms with Gasteiger partial charge < -0.3 is 14.0 Å². The molecule has 1 amide bonds. The largest absolute Gasteiger partial charge is 0.457 e. The van der Waals surface area contributed by atoms with Crippen LogP contribution >= 0.6 is 11.3 Å². The number of amides is 1. The van der Waals surface area contributed by atoms with Crippen LogP contribution in [0.2, 0.25) is 0 Å². The fraction of sp³-hybridized carbons (Fsp3) is 0.200. The Hall–Kier alpha value is -3.22. The Kier molecular flexibility index (Phi) is 6.30. The first-order chi connectivity index (χ1) is 15.0. The van der Waals surface area contributed by atoms with Gasteiger partial charge in [-0.05, 0) is 61.4 Å². The third kappa shape index (κ3) is 4.76. The smallest absolute Gasteiger partial charge is 0.279 e. The van der Waals surface area contributed by atoms with Crippen molar-refractivity contribution in [2.24, 2.45) is 4.99 Å². The lowest BCUT2D eigenvalue weighted by atomic mass is 10.1. The van der Waals surface area contributed by atoms with Gasteiger partial charge in [0.15, 0.2) is 4.80 Å². The fourth-order valence-electron chi connectivity index (χ4n) is 3.54. The molecular formula is C25H24N2O3S. The number of carbonyl (C=O) groups excluding carboxylic acids is 1. The van der Waals surface area contributed by atoms with E-state index in [-0.39, 0.29) is 5.91 Å². The van der Waals surface area contributed by atoms with E-state index >= 15 is 0 Å². The van der Waals surface area contributed by atoms with E-state index in [1.165, 1.54) is 16.9 Å². The summed E-state index contributed by atoms with van der Waals surface area (Å²) in [5, 5.41) is 0. The van der Waals surface area contributed by atoms with Gasteiger partial charge >= 0.3 is 0 Å². The van der Waals surface area contributed by atoms with E-state index < -0.39 is 0 Å². The van der Waals surface area contributed by atoms with E-state index in [4.69, 9.17) is 9.47 Å². The second kappa shape index (κ2) is 9.29. The molecule has 0 unspecified atom stereocenters. The molecule has 0 spiro atoms. The lowest BCUT2D eigenvalue weighted by molar-refractivity contribution is 0.0997. The van der Waals surface area contributed by atoms with Crippen molar-refractivity contribution < 1.29 is 14.3 Å². The summed E-state index contributed by atoms with van der Waals surface area (Å²) in [7, 11) is 1.67. The molecule has 6 heteroatoms. The molecule has 31 heavy (non-hydrogen) atoms. The molecule has 0 atom stereocenters. The molecule has 0 aliphatic rings. The summed E-state index contributed by atoms with van der Waals surface area (Å²) in [4.78, 5) is 18.1. The zero-order valence-corrected chi connectivity index (χ0v) is 18.6. The van der Waals surface area contributed by atoms with Gasteiger partial charge in [-0.2, -0.15) is 4.99 Å². The highest BCUT2D eigenvalue weighted by Crippen LogP contribution is 2.24. The molecule has 0 N–H and O–H groups in total. The number of hydrogen-bond donors (Lipinski definition) is 0. The van der Waals surface area contributed by atoms with Crippen molar-refractivity contribution in [2.45, 2.75) is 20.4 Å². The number of hydrogen-bond acceptors (Lipinski definition) is 4. The predicted octanol–water partition coefficient (Wildman–Crippen LogP) is 5.50. The highest BCUT2D eigenvalue weighted by atomic mass is 32.1. The Morgan fingerprint density at radius 1 is 1.00 bits per heavy atom. The summed E-state index contributed by atoms with van der Waals surface area (Å²) in [6.07, 6.45) is 0. The Morgan fingerprint density at radius 2 is 1.77 bits per heavy atom. The van der Waals surface area contributed by atoms with Gasteiger partial charge in [0.2, 0.25) is 0 Å². The van der Waals surface area contributed by atoms with Gasteiger partial charge in [-0.25, -0.2) is 0 Å². The van der Waals surface area contributed by atoms with Crippen molar-refractivity contribution in [3.63, 3.8) is 0 Å². The molecule has 0 bridgehead atoms. The van der Waals surface area contributed by atoms with Crippen molar-refractivity contribution in [3.05, 3.63) is 88.2 Å². The van der Waals surface area contributed by atoms with Gasteiger partial charge in [-0.15, -0.1) is 0 Å². The van der Waals surface area contributed by atoms with E-state index in [9.17, 15) is 4.79 Å². The molecule has 5 nitrogen and oxygen atoms in total. The van der Waals surface area contributed by atoms with Crippen LogP contribution in [-0.2, 0) is 11.3 Å². The maximum absolute atomic E-state index is 13.0. The van der Waals surface area contributed by atoms with Crippen LogP contribution in [0.1, 0.15) is 21.5 Å². The number of thiazole rings is 1. The molecule has 158 valence electrons. The lowest BCUT2D eigenvalue weighted by Gasteiger charge is -2.07. The molecule has 0 radical (unpaired) electrons. The first-order valence-corrected chi connectivity index (χ1v) is 10.9. The monoisotopic (exact) mass is 432 g/mol. The minimum Gasteiger partial charge on any atom is -0.457 e. The van der Waals surface area contributed by atoms with Gasteiger partial charge in [0.1, 0.15) is 11.5 Å². The first-order valence-electron chi connectivity index (χ1n) is 10.1. The first kappa shape index (κ1) is 21.0. The number of fused-ring (bicyclic) bond motifs is 1. The number of nitrogens with zero attached hydrogens (tertiary/aromatic N) is 2. The van der Waals surface area contributed by atoms with Gasteiger partial charge in [-0.3, -0.25) is 4.79 Å². The Labute approximate surface area is 185 Å². The average molecular weight is 433 g/mol. The van der Waals surface area contributed by atoms with Crippen molar-refractivity contribution in [3.8, 4) is 11.5 Å². The van der Waals surface area contributed by atoms with Gasteiger partial charge in [-0.1, -0.05) is 41.7 Å². The number of rotatable bonds is 6. The van der Waals surface area contributed by atoms with Crippen LogP contribution in [0.15, 0.2) is 71.7 Å². The van der Waals surface area contributed by atoms with Crippen LogP contribution in [0.25, 0.3) is 10.2 Å². The molecule has 0 saturated carbocycles. The Bertz CT molecular complexity index is 1290. The lowest BCUT2D eigenvalue weighted by Crippen LogP contribution is -2.19. The number of carbonyl (C=O) groups is 1. The number of aromatic nitrogens is 1. The van der Waals surface area contributed by atoms with E-state index in [2.05, 4.69) is 35.5 Å². The minimum atomic E-state index is -0.300. The van der Waals surface area contributed by atoms with E-state index in [1.54, 1.807) is 25.3 Å². The quantitative estimate of drug-likeness (QED) is 0.404. The highest BCUT2D eigenvalue weighted by Gasteiger charge is 2.12. The molecule has 0 aliphatic heterocycles. The maximum atomic E-state index is 13.0. The highest BCUT2D eigenvalue weighted by molar-refractivity contribution is 7.16. The number of methoxy groups -OCH3 is 1. The maximum Gasteiger partial charge on any atom is 0.279 e. The molecule has 0 fully saturated rings. The molecular weight excluding hydrogens is 408 g/mol. The summed E-state index contributed by atoms with van der Waals surface area (Å²) in [5.74, 6) is 1.02. The second-order valence-corrected chi connectivity index (χ2v) is 8.33. The Morgan fingerprint density at radius 3 is 2.55 bits per heavy atom. The van der Waals surface area contributed by atoms with Crippen molar-refractivity contribution in [1.29, 1.82) is 0 Å². The van der Waals surface area contributed by atoms with Crippen LogP contribution in [0, 0.1) is 13.8 Å². The zero-order chi connectivity index (χ0) is 21.8. The number of benzene rings is 3. The third-order valence-electron chi connectivity index (χ3n) is 4.89. The summed E-state index contributed by atoms with van der Waals surface area (Å²) >= 11 is 1.52. The fourth-order valence-corrected chi connectivity index (χ4v) is 4.77. The second-order valence-electron chi connectivity index (χ2n) is 7.32. The number of aryl methyl sites for hydroxylation is 2. The summed E-state index contributed by atoms with van der Waals surface area (Å²) in [6.45, 7) is 5.33. The van der Waals surface area contributed by atoms with Gasteiger partial charge in [0.25, 0.3) is 5.91 Å². The Balaban J connectivity index is 1.72. The van der Waals surface area contributed by atoms with E-state index in [0.29, 0.717) is 29.3 Å². The van der Waals surface area contributed by atoms with Crippen molar-refractivity contribution in [1.82, 2.24) is 4.57 Å². The van der Waals surface area contributed by atoms with E-state index in [1.807, 2.05) is 36.4 Å². The summed E-state index contributed by atoms with van der Waals surface area (Å²) < 4.78 is 14.3. The molecule has 3 aromatic carbocycles. The van der Waals surface area contributed by atoms with Crippen molar-refractivity contribution >= 4 is 27.5 Å². The van der Waals surface area contributed by atoms with E-state index in [0.717, 1.165) is 21.5 Å². The van der Waals surface area contributed by atoms with Crippen LogP contribution < -0.4 is 9.54 Å². The van der Waals surface area contributed by atoms with Crippen molar-refractivity contribution in [2.75, 3.05) is 13.7 Å². The SMILES string of the molecule is COCCn1c(=NC(=O)c2cccc(Oc3ccccc3)c2)sc2cc(C)cc(C)c21. The molecule has 4 rings (SSSR count). The molecule has 1 heterocycles. The summed E-state index contributed by atoms with van der Waals surface area (Å²) in [5.41, 5.74) is 3.93. The standard InChI is InChI=1S/C25H24N2O3S/c1-17-14-18(2)23-22(15-17)31-25(27(23)12-13-29-3)26-24(28)19-8-7-11-21(16-19)30-20-9-5-4-6-10-20/h4-11,14-16H,12-13H2,1-3H3. The van der Waals surface area contributed by atoms with Gasteiger partial charge in [0, 0.05) is 19.2 Å². The number of ether oxygens (including phenoxy) is 2. The van der Waals surface area contributed by atoms with Crippen LogP contribution in [0.4, 0.5) is 0 Å².